The molecule has 2 nitrogen and oxygen atoms in total. The Morgan fingerprint density at radius 1 is 1.12 bits per heavy atom. The summed E-state index contributed by atoms with van der Waals surface area (Å²) >= 11 is 0. The van der Waals surface area contributed by atoms with Crippen LogP contribution in [0.1, 0.15) is 64.7 Å². The molecular formula is C15H28O2. The minimum Gasteiger partial charge on any atom is -0.390 e. The van der Waals surface area contributed by atoms with Gasteiger partial charge in [-0.2, -0.15) is 0 Å². The van der Waals surface area contributed by atoms with Gasteiger partial charge in [-0.1, -0.05) is 39.0 Å². The fraction of sp³-hybridized carbons (Fsp3) is 1.00. The molecule has 2 aliphatic carbocycles. The van der Waals surface area contributed by atoms with Gasteiger partial charge in [0.1, 0.15) is 0 Å². The topological polar surface area (TPSA) is 29.5 Å². The van der Waals surface area contributed by atoms with Gasteiger partial charge in [0.15, 0.2) is 0 Å². The Morgan fingerprint density at radius 2 is 1.82 bits per heavy atom. The maximum atomic E-state index is 10.7. The Bertz CT molecular complexity index is 233. The van der Waals surface area contributed by atoms with Crippen LogP contribution < -0.4 is 0 Å². The van der Waals surface area contributed by atoms with Crippen molar-refractivity contribution in [3.63, 3.8) is 0 Å². The SMILES string of the molecule is COC1(C(O)C2CCCC(C)C2)CCCCC1. The number of aliphatic hydroxyl groups excluding tert-OH is 1. The summed E-state index contributed by atoms with van der Waals surface area (Å²) < 4.78 is 5.78. The zero-order valence-corrected chi connectivity index (χ0v) is 11.5. The summed E-state index contributed by atoms with van der Waals surface area (Å²) in [5, 5.41) is 10.7. The molecule has 2 heteroatoms. The van der Waals surface area contributed by atoms with E-state index in [4.69, 9.17) is 4.74 Å². The first-order chi connectivity index (χ1) is 8.18. The summed E-state index contributed by atoms with van der Waals surface area (Å²) in [6.45, 7) is 2.32. The molecule has 0 heterocycles. The van der Waals surface area contributed by atoms with E-state index < -0.39 is 0 Å². The van der Waals surface area contributed by atoms with Gasteiger partial charge in [0.2, 0.25) is 0 Å². The van der Waals surface area contributed by atoms with Crippen LogP contribution >= 0.6 is 0 Å². The Kier molecular flexibility index (Phi) is 4.48. The Balaban J connectivity index is 2.02. The number of hydrogen-bond acceptors (Lipinski definition) is 2. The van der Waals surface area contributed by atoms with Crippen LogP contribution in [-0.4, -0.2) is 23.9 Å². The molecule has 100 valence electrons. The van der Waals surface area contributed by atoms with Gasteiger partial charge < -0.3 is 9.84 Å². The van der Waals surface area contributed by atoms with Gasteiger partial charge in [0, 0.05) is 7.11 Å². The molecule has 0 spiro atoms. The van der Waals surface area contributed by atoms with Crippen molar-refractivity contribution in [1.82, 2.24) is 0 Å². The van der Waals surface area contributed by atoms with E-state index in [9.17, 15) is 5.11 Å². The van der Waals surface area contributed by atoms with Crippen molar-refractivity contribution < 1.29 is 9.84 Å². The molecule has 17 heavy (non-hydrogen) atoms. The number of ether oxygens (including phenoxy) is 1. The highest BCUT2D eigenvalue weighted by atomic mass is 16.5. The van der Waals surface area contributed by atoms with Crippen LogP contribution in [-0.2, 0) is 4.74 Å². The summed E-state index contributed by atoms with van der Waals surface area (Å²) in [5.41, 5.74) is -0.222. The molecule has 3 atom stereocenters. The van der Waals surface area contributed by atoms with Crippen LogP contribution in [0, 0.1) is 11.8 Å². The molecule has 2 fully saturated rings. The van der Waals surface area contributed by atoms with Gasteiger partial charge in [-0.05, 0) is 37.5 Å². The van der Waals surface area contributed by atoms with Crippen LogP contribution in [0.15, 0.2) is 0 Å². The molecule has 0 aliphatic heterocycles. The van der Waals surface area contributed by atoms with E-state index in [0.29, 0.717) is 5.92 Å². The predicted molar refractivity (Wildman–Crippen MR) is 70.0 cm³/mol. The smallest absolute Gasteiger partial charge is 0.0939 e. The van der Waals surface area contributed by atoms with Crippen molar-refractivity contribution >= 4 is 0 Å². The van der Waals surface area contributed by atoms with Gasteiger partial charge in [-0.15, -0.1) is 0 Å². The van der Waals surface area contributed by atoms with Gasteiger partial charge in [0.25, 0.3) is 0 Å². The Morgan fingerprint density at radius 3 is 2.41 bits per heavy atom. The number of hydrogen-bond donors (Lipinski definition) is 1. The zero-order valence-electron chi connectivity index (χ0n) is 11.5. The summed E-state index contributed by atoms with van der Waals surface area (Å²) in [6.07, 6.45) is 10.6. The van der Waals surface area contributed by atoms with E-state index in [-0.39, 0.29) is 11.7 Å². The van der Waals surface area contributed by atoms with E-state index in [0.717, 1.165) is 18.8 Å². The lowest BCUT2D eigenvalue weighted by atomic mass is 9.70. The largest absolute Gasteiger partial charge is 0.390 e. The minimum absolute atomic E-state index is 0.222. The molecule has 0 bridgehead atoms. The first-order valence-corrected chi connectivity index (χ1v) is 7.41. The van der Waals surface area contributed by atoms with Crippen LogP contribution in [0.5, 0.6) is 0 Å². The lowest BCUT2D eigenvalue weighted by Gasteiger charge is -2.44. The molecule has 0 radical (unpaired) electrons. The quantitative estimate of drug-likeness (QED) is 0.818. The second-order valence-corrected chi connectivity index (χ2v) is 6.31. The third kappa shape index (κ3) is 2.85. The molecule has 0 amide bonds. The lowest BCUT2D eigenvalue weighted by Crippen LogP contribution is -2.50. The maximum Gasteiger partial charge on any atom is 0.0939 e. The van der Waals surface area contributed by atoms with Gasteiger partial charge in [-0.25, -0.2) is 0 Å². The third-order valence-electron chi connectivity index (χ3n) is 5.07. The summed E-state index contributed by atoms with van der Waals surface area (Å²) in [6, 6.07) is 0. The molecule has 0 aromatic carbocycles. The minimum atomic E-state index is -0.240. The molecule has 0 aromatic rings. The van der Waals surface area contributed by atoms with Crippen LogP contribution in [0.3, 0.4) is 0 Å². The van der Waals surface area contributed by atoms with E-state index in [1.54, 1.807) is 7.11 Å². The van der Waals surface area contributed by atoms with Crippen molar-refractivity contribution in [2.45, 2.75) is 76.4 Å². The number of rotatable bonds is 3. The second kappa shape index (κ2) is 5.71. The van der Waals surface area contributed by atoms with Crippen molar-refractivity contribution in [2.75, 3.05) is 7.11 Å². The third-order valence-corrected chi connectivity index (χ3v) is 5.07. The molecule has 1 N–H and O–H groups in total. The van der Waals surface area contributed by atoms with Gasteiger partial charge >= 0.3 is 0 Å². The number of methoxy groups -OCH3 is 1. The molecule has 2 rings (SSSR count). The second-order valence-electron chi connectivity index (χ2n) is 6.31. The van der Waals surface area contributed by atoms with Gasteiger partial charge in [-0.3, -0.25) is 0 Å². The highest BCUT2D eigenvalue weighted by Crippen LogP contribution is 2.41. The average Bonchev–Trinajstić information content (AvgIpc) is 2.38. The fourth-order valence-electron chi connectivity index (χ4n) is 3.97. The number of aliphatic hydroxyl groups is 1. The first kappa shape index (κ1) is 13.4. The molecule has 3 unspecified atom stereocenters. The molecule has 0 aromatic heterocycles. The molecule has 2 aliphatic rings. The zero-order chi connectivity index (χ0) is 12.3. The van der Waals surface area contributed by atoms with E-state index in [1.807, 2.05) is 0 Å². The van der Waals surface area contributed by atoms with E-state index in [2.05, 4.69) is 6.92 Å². The van der Waals surface area contributed by atoms with Crippen LogP contribution in [0.4, 0.5) is 0 Å². The molecule has 2 saturated carbocycles. The van der Waals surface area contributed by atoms with Crippen LogP contribution in [0.2, 0.25) is 0 Å². The average molecular weight is 240 g/mol. The Labute approximate surface area is 106 Å². The Hall–Kier alpha value is -0.0800. The summed E-state index contributed by atoms with van der Waals surface area (Å²) in [5.74, 6) is 1.25. The van der Waals surface area contributed by atoms with E-state index >= 15 is 0 Å². The van der Waals surface area contributed by atoms with Crippen molar-refractivity contribution in [3.05, 3.63) is 0 Å². The summed E-state index contributed by atoms with van der Waals surface area (Å²) in [7, 11) is 1.79. The fourth-order valence-corrected chi connectivity index (χ4v) is 3.97. The lowest BCUT2D eigenvalue weighted by molar-refractivity contribution is -0.148. The van der Waals surface area contributed by atoms with Crippen molar-refractivity contribution in [3.8, 4) is 0 Å². The van der Waals surface area contributed by atoms with Gasteiger partial charge in [0.05, 0.1) is 11.7 Å². The maximum absolute atomic E-state index is 10.7. The first-order valence-electron chi connectivity index (χ1n) is 7.41. The highest BCUT2D eigenvalue weighted by molar-refractivity contribution is 4.95. The standard InChI is InChI=1S/C15H28O2/c1-12-7-6-8-13(11-12)14(16)15(17-2)9-4-3-5-10-15/h12-14,16H,3-11H2,1-2H3. The van der Waals surface area contributed by atoms with Crippen molar-refractivity contribution in [2.24, 2.45) is 11.8 Å². The highest BCUT2D eigenvalue weighted by Gasteiger charge is 2.43. The van der Waals surface area contributed by atoms with Crippen LogP contribution in [0.25, 0.3) is 0 Å². The molecule has 0 saturated heterocycles. The molecular weight excluding hydrogens is 212 g/mol. The van der Waals surface area contributed by atoms with Crippen molar-refractivity contribution in [1.29, 1.82) is 0 Å². The predicted octanol–water partition coefficient (Wildman–Crippen LogP) is 3.52. The normalized spacial score (nSPS) is 35.5. The summed E-state index contributed by atoms with van der Waals surface area (Å²) in [4.78, 5) is 0. The van der Waals surface area contributed by atoms with E-state index in [1.165, 1.54) is 44.9 Å². The monoisotopic (exact) mass is 240 g/mol.